The van der Waals surface area contributed by atoms with Crippen molar-refractivity contribution in [2.75, 3.05) is 5.32 Å². The predicted octanol–water partition coefficient (Wildman–Crippen LogP) is 3.60. The highest BCUT2D eigenvalue weighted by Gasteiger charge is 2.36. The summed E-state index contributed by atoms with van der Waals surface area (Å²) in [6, 6.07) is 23.1. The largest absolute Gasteiger partial charge is 0.508 e. The van der Waals surface area contributed by atoms with E-state index in [-0.39, 0.29) is 29.3 Å². The number of aliphatic hydroxyl groups is 1. The lowest BCUT2D eigenvalue weighted by atomic mass is 9.98. The van der Waals surface area contributed by atoms with E-state index in [1.165, 1.54) is 18.2 Å². The Hall–Kier alpha value is -4.74. The van der Waals surface area contributed by atoms with Crippen LogP contribution in [0.2, 0.25) is 0 Å². The van der Waals surface area contributed by atoms with E-state index in [2.05, 4.69) is 10.4 Å². The second kappa shape index (κ2) is 8.89. The molecule has 0 saturated heterocycles. The monoisotopic (exact) mass is 464 g/mol. The number of nitriles is 1. The maximum absolute atomic E-state index is 13.5. The number of anilines is 1. The Balaban J connectivity index is 1.51. The third kappa shape index (κ3) is 3.84. The molecule has 0 bridgehead atoms. The van der Waals surface area contributed by atoms with Gasteiger partial charge in [-0.1, -0.05) is 48.5 Å². The van der Waals surface area contributed by atoms with Gasteiger partial charge in [0, 0.05) is 34.9 Å². The fourth-order valence-electron chi connectivity index (χ4n) is 4.31. The number of aliphatic hydroxyl groups excluding tert-OH is 1. The highest BCUT2D eigenvalue weighted by Crippen LogP contribution is 2.40. The van der Waals surface area contributed by atoms with Crippen LogP contribution in [0.1, 0.15) is 27.2 Å². The first-order valence-corrected chi connectivity index (χ1v) is 10.9. The number of aromatic hydroxyl groups is 1. The summed E-state index contributed by atoms with van der Waals surface area (Å²) < 4.78 is 1.69. The van der Waals surface area contributed by atoms with E-state index in [0.29, 0.717) is 12.0 Å². The first-order chi connectivity index (χ1) is 17.0. The van der Waals surface area contributed by atoms with Crippen molar-refractivity contribution in [2.45, 2.75) is 13.0 Å². The molecular weight excluding hydrogens is 444 g/mol. The highest BCUT2D eigenvalue weighted by atomic mass is 16.3. The van der Waals surface area contributed by atoms with E-state index >= 15 is 0 Å². The van der Waals surface area contributed by atoms with Gasteiger partial charge in [-0.2, -0.15) is 10.4 Å². The number of para-hydroxylation sites is 1. The van der Waals surface area contributed by atoms with Gasteiger partial charge in [0.25, 0.3) is 0 Å². The molecule has 35 heavy (non-hydrogen) atoms. The number of phenols is 1. The molecule has 1 heterocycles. The molecule has 172 valence electrons. The maximum atomic E-state index is 13.5. The summed E-state index contributed by atoms with van der Waals surface area (Å²) >= 11 is 0. The quantitative estimate of drug-likeness (QED) is 0.260. The lowest BCUT2D eigenvalue weighted by Gasteiger charge is -2.11. The Morgan fingerprint density at radius 1 is 1.09 bits per heavy atom. The fourth-order valence-corrected chi connectivity index (χ4v) is 4.31. The Kier molecular flexibility index (Phi) is 5.61. The Labute approximate surface area is 200 Å². The standard InChI is InChI=1S/C27H20N4O4/c28-14-22(27(35)29-18-11-10-17(15-32)23(33)13-18)26(34)24-21-12-16-6-4-5-9-20(16)25(21)31(30-24)19-7-2-1-3-8-19/h1-11,13,22,32-33H,12,15H2,(H,29,35). The Bertz CT molecular complexity index is 1500. The van der Waals surface area contributed by atoms with Crippen LogP contribution in [0.3, 0.4) is 0 Å². The number of hydrogen-bond acceptors (Lipinski definition) is 6. The molecule has 4 aromatic rings. The topological polar surface area (TPSA) is 128 Å². The number of hydrogen-bond donors (Lipinski definition) is 3. The van der Waals surface area contributed by atoms with E-state index in [4.69, 9.17) is 0 Å². The summed E-state index contributed by atoms with van der Waals surface area (Å²) in [6.45, 7) is -0.364. The van der Waals surface area contributed by atoms with Crippen LogP contribution in [0.5, 0.6) is 5.75 Å². The molecule has 3 N–H and O–H groups in total. The molecular formula is C27H20N4O4. The average molecular weight is 464 g/mol. The second-order valence-corrected chi connectivity index (χ2v) is 8.17. The maximum Gasteiger partial charge on any atom is 0.249 e. The van der Waals surface area contributed by atoms with Gasteiger partial charge in [0.2, 0.25) is 11.7 Å². The van der Waals surface area contributed by atoms with Crippen molar-refractivity contribution in [3.63, 3.8) is 0 Å². The van der Waals surface area contributed by atoms with Crippen molar-refractivity contribution >= 4 is 17.4 Å². The first kappa shape index (κ1) is 22.1. The number of ketones is 1. The molecule has 0 aliphatic heterocycles. The van der Waals surface area contributed by atoms with Gasteiger partial charge in [0.05, 0.1) is 24.1 Å². The summed E-state index contributed by atoms with van der Waals surface area (Å²) in [6.07, 6.45) is 0.468. The molecule has 0 radical (unpaired) electrons. The number of rotatable bonds is 6. The summed E-state index contributed by atoms with van der Waals surface area (Å²) in [4.78, 5) is 26.4. The number of carbonyl (C=O) groups excluding carboxylic acids is 2. The van der Waals surface area contributed by atoms with Crippen molar-refractivity contribution in [2.24, 2.45) is 5.92 Å². The minimum absolute atomic E-state index is 0.0835. The summed E-state index contributed by atoms with van der Waals surface area (Å²) in [5.41, 5.74) is 4.78. The van der Waals surface area contributed by atoms with Crippen molar-refractivity contribution in [3.05, 3.63) is 95.2 Å². The predicted molar refractivity (Wildman–Crippen MR) is 128 cm³/mol. The van der Waals surface area contributed by atoms with Crippen LogP contribution >= 0.6 is 0 Å². The molecule has 1 amide bonds. The molecule has 5 rings (SSSR count). The molecule has 1 aromatic heterocycles. The lowest BCUT2D eigenvalue weighted by Crippen LogP contribution is -2.29. The van der Waals surface area contributed by atoms with Crippen LogP contribution in [0.15, 0.2) is 72.8 Å². The lowest BCUT2D eigenvalue weighted by molar-refractivity contribution is -0.117. The smallest absolute Gasteiger partial charge is 0.249 e. The molecule has 0 saturated carbocycles. The van der Waals surface area contributed by atoms with Crippen LogP contribution in [0.25, 0.3) is 16.9 Å². The zero-order valence-electron chi connectivity index (χ0n) is 18.5. The third-order valence-electron chi connectivity index (χ3n) is 6.03. The Morgan fingerprint density at radius 3 is 2.54 bits per heavy atom. The molecule has 1 aliphatic rings. The number of carbonyl (C=O) groups is 2. The zero-order valence-corrected chi connectivity index (χ0v) is 18.5. The minimum Gasteiger partial charge on any atom is -0.508 e. The normalized spacial score (nSPS) is 12.3. The molecule has 0 fully saturated rings. The van der Waals surface area contributed by atoms with E-state index in [0.717, 1.165) is 22.5 Å². The SMILES string of the molecule is N#CC(C(=O)Nc1ccc(CO)c(O)c1)C(=O)c1nn(-c2ccccc2)c2c1Cc1ccccc1-2. The molecule has 1 unspecified atom stereocenters. The van der Waals surface area contributed by atoms with Crippen LogP contribution < -0.4 is 5.32 Å². The van der Waals surface area contributed by atoms with E-state index < -0.39 is 17.6 Å². The summed E-state index contributed by atoms with van der Waals surface area (Å²) in [5.74, 6) is -3.36. The van der Waals surface area contributed by atoms with Crippen molar-refractivity contribution in [1.82, 2.24) is 9.78 Å². The van der Waals surface area contributed by atoms with E-state index in [1.54, 1.807) is 10.8 Å². The van der Waals surface area contributed by atoms with Crippen LogP contribution in [0, 0.1) is 17.2 Å². The van der Waals surface area contributed by atoms with Gasteiger partial charge in [-0.25, -0.2) is 4.68 Å². The third-order valence-corrected chi connectivity index (χ3v) is 6.03. The van der Waals surface area contributed by atoms with Crippen molar-refractivity contribution in [3.8, 4) is 28.8 Å². The molecule has 0 spiro atoms. The number of nitrogens with one attached hydrogen (secondary N) is 1. The Morgan fingerprint density at radius 2 is 1.83 bits per heavy atom. The number of nitrogens with zero attached hydrogens (tertiary/aromatic N) is 3. The second-order valence-electron chi connectivity index (χ2n) is 8.17. The fraction of sp³-hybridized carbons (Fsp3) is 0.111. The number of aromatic nitrogens is 2. The van der Waals surface area contributed by atoms with Gasteiger partial charge in [0.1, 0.15) is 11.4 Å². The number of benzene rings is 3. The number of amides is 1. The number of Topliss-reactive ketones (excluding diaryl/α,β-unsaturated/α-hetero) is 1. The minimum atomic E-state index is -1.64. The zero-order chi connectivity index (χ0) is 24.5. The van der Waals surface area contributed by atoms with Crippen LogP contribution in [0.4, 0.5) is 5.69 Å². The van der Waals surface area contributed by atoms with Crippen LogP contribution in [-0.2, 0) is 17.8 Å². The average Bonchev–Trinajstić information content (AvgIpc) is 3.42. The molecule has 8 nitrogen and oxygen atoms in total. The van der Waals surface area contributed by atoms with Gasteiger partial charge in [-0.3, -0.25) is 9.59 Å². The first-order valence-electron chi connectivity index (χ1n) is 10.9. The summed E-state index contributed by atoms with van der Waals surface area (Å²) in [5, 5.41) is 35.9. The summed E-state index contributed by atoms with van der Waals surface area (Å²) in [7, 11) is 0. The molecule has 1 atom stereocenters. The van der Waals surface area contributed by atoms with E-state index in [1.807, 2.05) is 54.6 Å². The van der Waals surface area contributed by atoms with Crippen LogP contribution in [-0.4, -0.2) is 31.7 Å². The van der Waals surface area contributed by atoms with Gasteiger partial charge in [-0.05, 0) is 23.8 Å². The highest BCUT2D eigenvalue weighted by molar-refractivity contribution is 6.16. The van der Waals surface area contributed by atoms with Gasteiger partial charge in [0.15, 0.2) is 5.92 Å². The molecule has 3 aromatic carbocycles. The molecule has 8 heteroatoms. The van der Waals surface area contributed by atoms with Crippen molar-refractivity contribution < 1.29 is 19.8 Å². The number of fused-ring (bicyclic) bond motifs is 3. The van der Waals surface area contributed by atoms with Gasteiger partial charge < -0.3 is 15.5 Å². The molecule has 1 aliphatic carbocycles. The van der Waals surface area contributed by atoms with Crippen molar-refractivity contribution in [1.29, 1.82) is 5.26 Å². The van der Waals surface area contributed by atoms with Gasteiger partial charge >= 0.3 is 0 Å². The van der Waals surface area contributed by atoms with E-state index in [9.17, 15) is 25.1 Å². The van der Waals surface area contributed by atoms with Gasteiger partial charge in [-0.15, -0.1) is 0 Å².